The van der Waals surface area contributed by atoms with Gasteiger partial charge in [-0.3, -0.25) is 0 Å². The molecule has 0 fully saturated rings. The fourth-order valence-corrected chi connectivity index (χ4v) is 3.49. The van der Waals surface area contributed by atoms with E-state index in [9.17, 15) is 5.11 Å². The van der Waals surface area contributed by atoms with Crippen molar-refractivity contribution in [1.29, 1.82) is 0 Å². The van der Waals surface area contributed by atoms with Crippen LogP contribution < -0.4 is 0 Å². The van der Waals surface area contributed by atoms with Crippen molar-refractivity contribution < 1.29 is 5.11 Å². The normalized spacial score (nSPS) is 11.9. The summed E-state index contributed by atoms with van der Waals surface area (Å²) >= 11 is 6.01. The number of aryl methyl sites for hydroxylation is 1. The Bertz CT molecular complexity index is 858. The third-order valence-corrected chi connectivity index (χ3v) is 5.26. The lowest BCUT2D eigenvalue weighted by molar-refractivity contribution is 0.474. The molecule has 0 aliphatic rings. The summed E-state index contributed by atoms with van der Waals surface area (Å²) in [7, 11) is 0. The Morgan fingerprint density at radius 1 is 0.839 bits per heavy atom. The second-order valence-corrected chi connectivity index (χ2v) is 8.20. The Kier molecular flexibility index (Phi) is 12.4. The number of phenols is 1. The number of nitrogens with zero attached hydrogens (tertiary/aromatic N) is 2. The third-order valence-electron chi connectivity index (χ3n) is 5.02. The number of hydrogen-bond donors (Lipinski definition) is 1. The van der Waals surface area contributed by atoms with Crippen molar-refractivity contribution in [2.24, 2.45) is 10.2 Å². The molecule has 0 amide bonds. The summed E-state index contributed by atoms with van der Waals surface area (Å²) in [5.74, 6) is 0.271. The molecule has 0 unspecified atom stereocenters. The van der Waals surface area contributed by atoms with E-state index < -0.39 is 0 Å². The van der Waals surface area contributed by atoms with E-state index in [1.54, 1.807) is 18.2 Å². The molecular formula is C27H35ClN2O. The quantitative estimate of drug-likeness (QED) is 0.178. The highest BCUT2D eigenvalue weighted by molar-refractivity contribution is 6.30. The summed E-state index contributed by atoms with van der Waals surface area (Å²) in [5, 5.41) is 19.2. The van der Waals surface area contributed by atoms with Crippen LogP contribution in [-0.4, -0.2) is 5.11 Å². The Morgan fingerprint density at radius 3 is 2.42 bits per heavy atom. The van der Waals surface area contributed by atoms with E-state index in [4.69, 9.17) is 11.6 Å². The zero-order valence-corrected chi connectivity index (χ0v) is 19.4. The zero-order chi connectivity index (χ0) is 22.2. The van der Waals surface area contributed by atoms with Crippen LogP contribution in [0.5, 0.6) is 5.75 Å². The standard InChI is InChI=1S/C27H35ClN2O/c1-2-3-4-5-6-7-8-9-10-11-12-13-14-16-23-21-26(31)19-20-27(23)30-29-25-18-15-17-24(28)22-25/h4-5,7-8,15,17-22,31H,2-3,6,9-14,16H2,1H3/b5-4+,8-7+,30-29?. The molecule has 0 saturated carbocycles. The van der Waals surface area contributed by atoms with Gasteiger partial charge in [-0.15, -0.1) is 0 Å². The molecular weight excluding hydrogens is 404 g/mol. The van der Waals surface area contributed by atoms with E-state index in [2.05, 4.69) is 41.5 Å². The molecule has 0 saturated heterocycles. The molecule has 0 bridgehead atoms. The van der Waals surface area contributed by atoms with Gasteiger partial charge in [0, 0.05) is 5.02 Å². The van der Waals surface area contributed by atoms with E-state index in [0.29, 0.717) is 5.02 Å². The lowest BCUT2D eigenvalue weighted by atomic mass is 10.0. The molecule has 0 atom stereocenters. The van der Waals surface area contributed by atoms with Crippen LogP contribution in [0.2, 0.25) is 5.02 Å². The highest BCUT2D eigenvalue weighted by atomic mass is 35.5. The number of phenolic OH excluding ortho intramolecular Hbond substituents is 1. The second kappa shape index (κ2) is 15.4. The molecule has 31 heavy (non-hydrogen) atoms. The van der Waals surface area contributed by atoms with Gasteiger partial charge in [0.25, 0.3) is 0 Å². The molecule has 1 N–H and O–H groups in total. The van der Waals surface area contributed by atoms with Crippen LogP contribution in [0.1, 0.15) is 70.3 Å². The topological polar surface area (TPSA) is 45.0 Å². The van der Waals surface area contributed by atoms with Gasteiger partial charge in [-0.2, -0.15) is 10.2 Å². The van der Waals surface area contributed by atoms with Crippen LogP contribution in [0.3, 0.4) is 0 Å². The second-order valence-electron chi connectivity index (χ2n) is 7.77. The lowest BCUT2D eigenvalue weighted by Gasteiger charge is -2.06. The predicted molar refractivity (Wildman–Crippen MR) is 133 cm³/mol. The van der Waals surface area contributed by atoms with Crippen LogP contribution in [0.4, 0.5) is 11.4 Å². The monoisotopic (exact) mass is 438 g/mol. The number of azo groups is 1. The molecule has 2 aromatic rings. The molecule has 0 aliphatic heterocycles. The van der Waals surface area contributed by atoms with Gasteiger partial charge >= 0.3 is 0 Å². The molecule has 0 aromatic heterocycles. The maximum Gasteiger partial charge on any atom is 0.116 e. The van der Waals surface area contributed by atoms with Gasteiger partial charge in [0.15, 0.2) is 0 Å². The van der Waals surface area contributed by atoms with Crippen molar-refractivity contribution in [3.63, 3.8) is 0 Å². The zero-order valence-electron chi connectivity index (χ0n) is 18.6. The summed E-state index contributed by atoms with van der Waals surface area (Å²) in [4.78, 5) is 0. The van der Waals surface area contributed by atoms with E-state index in [1.165, 1.54) is 44.9 Å². The van der Waals surface area contributed by atoms with E-state index in [-0.39, 0.29) is 5.75 Å². The summed E-state index contributed by atoms with van der Waals surface area (Å²) in [5.41, 5.74) is 2.55. The van der Waals surface area contributed by atoms with Crippen molar-refractivity contribution in [1.82, 2.24) is 0 Å². The van der Waals surface area contributed by atoms with Crippen LogP contribution >= 0.6 is 11.6 Å². The minimum Gasteiger partial charge on any atom is -0.508 e. The van der Waals surface area contributed by atoms with E-state index >= 15 is 0 Å². The van der Waals surface area contributed by atoms with Crippen LogP contribution in [0, 0.1) is 0 Å². The maximum atomic E-state index is 9.86. The summed E-state index contributed by atoms with van der Waals surface area (Å²) < 4.78 is 0. The van der Waals surface area contributed by atoms with Crippen molar-refractivity contribution >= 4 is 23.0 Å². The number of rotatable bonds is 14. The first-order valence-electron chi connectivity index (χ1n) is 11.5. The minimum atomic E-state index is 0.271. The fourth-order valence-electron chi connectivity index (χ4n) is 3.30. The van der Waals surface area contributed by atoms with Crippen LogP contribution in [0.25, 0.3) is 0 Å². The average Bonchev–Trinajstić information content (AvgIpc) is 2.76. The van der Waals surface area contributed by atoms with Crippen molar-refractivity contribution in [3.8, 4) is 5.75 Å². The molecule has 0 heterocycles. The van der Waals surface area contributed by atoms with Gasteiger partial charge in [-0.05, 0) is 80.5 Å². The third kappa shape index (κ3) is 11.0. The number of allylic oxidation sites excluding steroid dienone is 4. The molecule has 0 radical (unpaired) electrons. The Labute approximate surface area is 192 Å². The number of benzene rings is 2. The minimum absolute atomic E-state index is 0.271. The fraction of sp³-hybridized carbons (Fsp3) is 0.407. The van der Waals surface area contributed by atoms with Gasteiger partial charge < -0.3 is 5.11 Å². The van der Waals surface area contributed by atoms with Crippen molar-refractivity contribution in [2.75, 3.05) is 0 Å². The summed E-state index contributed by atoms with van der Waals surface area (Å²) in [6.07, 6.45) is 20.6. The highest BCUT2D eigenvalue weighted by Crippen LogP contribution is 2.28. The molecule has 0 spiro atoms. The van der Waals surface area contributed by atoms with Crippen LogP contribution in [-0.2, 0) is 6.42 Å². The number of unbranched alkanes of at least 4 members (excludes halogenated alkanes) is 6. The van der Waals surface area contributed by atoms with E-state index in [1.807, 2.05) is 24.3 Å². The summed E-state index contributed by atoms with van der Waals surface area (Å²) in [6, 6.07) is 12.6. The van der Waals surface area contributed by atoms with Crippen LogP contribution in [0.15, 0.2) is 77.0 Å². The Hall–Kier alpha value is -2.39. The van der Waals surface area contributed by atoms with Gasteiger partial charge in [0.2, 0.25) is 0 Å². The average molecular weight is 439 g/mol. The number of aromatic hydroxyl groups is 1. The van der Waals surface area contributed by atoms with E-state index in [0.717, 1.165) is 36.2 Å². The smallest absolute Gasteiger partial charge is 0.116 e. The maximum absolute atomic E-state index is 9.86. The first-order valence-corrected chi connectivity index (χ1v) is 11.9. The number of hydrogen-bond acceptors (Lipinski definition) is 3. The van der Waals surface area contributed by atoms with Gasteiger partial charge in [-0.25, -0.2) is 0 Å². The number of halogens is 1. The Morgan fingerprint density at radius 2 is 1.61 bits per heavy atom. The molecule has 2 rings (SSSR count). The molecule has 0 aliphatic carbocycles. The van der Waals surface area contributed by atoms with Gasteiger partial charge in [-0.1, -0.05) is 74.6 Å². The molecule has 166 valence electrons. The Balaban J connectivity index is 1.69. The highest BCUT2D eigenvalue weighted by Gasteiger charge is 2.04. The SMILES string of the molecule is CCC/C=C/C/C=C/CCCCCCCc1cc(O)ccc1N=Nc1cccc(Cl)c1. The summed E-state index contributed by atoms with van der Waals surface area (Å²) in [6.45, 7) is 2.21. The lowest BCUT2D eigenvalue weighted by Crippen LogP contribution is -1.87. The van der Waals surface area contributed by atoms with Gasteiger partial charge in [0.1, 0.15) is 5.75 Å². The van der Waals surface area contributed by atoms with Crippen molar-refractivity contribution in [2.45, 2.75) is 71.1 Å². The molecule has 3 nitrogen and oxygen atoms in total. The predicted octanol–water partition coefficient (Wildman–Crippen LogP) is 9.65. The first kappa shape index (κ1) is 24.9. The molecule has 4 heteroatoms. The van der Waals surface area contributed by atoms with Gasteiger partial charge in [0.05, 0.1) is 11.4 Å². The van der Waals surface area contributed by atoms with Crippen molar-refractivity contribution in [3.05, 3.63) is 77.4 Å². The molecule has 2 aromatic carbocycles. The first-order chi connectivity index (χ1) is 15.2. The largest absolute Gasteiger partial charge is 0.508 e.